The Labute approximate surface area is 198 Å². The third kappa shape index (κ3) is 5.56. The van der Waals surface area contributed by atoms with Crippen LogP contribution in [0.25, 0.3) is 6.08 Å². The van der Waals surface area contributed by atoms with Crippen molar-refractivity contribution < 1.29 is 32.7 Å². The molecule has 1 aromatic carbocycles. The van der Waals surface area contributed by atoms with Crippen molar-refractivity contribution in [2.24, 2.45) is 0 Å². The highest BCUT2D eigenvalue weighted by molar-refractivity contribution is 5.65. The summed E-state index contributed by atoms with van der Waals surface area (Å²) in [6, 6.07) is 4.79. The molecule has 1 aromatic heterocycles. The van der Waals surface area contributed by atoms with Crippen LogP contribution in [-0.4, -0.2) is 73.3 Å². The van der Waals surface area contributed by atoms with Crippen molar-refractivity contribution in [2.75, 3.05) is 26.2 Å². The van der Waals surface area contributed by atoms with E-state index >= 15 is 0 Å². The second kappa shape index (κ2) is 9.21. The van der Waals surface area contributed by atoms with Crippen molar-refractivity contribution in [1.29, 1.82) is 0 Å². The largest absolute Gasteiger partial charge is 0.465 e. The fourth-order valence-corrected chi connectivity index (χ4v) is 4.44. The molecular formula is C22H24F3N5O5. The van der Waals surface area contributed by atoms with E-state index in [4.69, 9.17) is 4.74 Å². The van der Waals surface area contributed by atoms with Crippen LogP contribution in [-0.2, 0) is 12.7 Å². The van der Waals surface area contributed by atoms with Crippen LogP contribution in [0.3, 0.4) is 0 Å². The first kappa shape index (κ1) is 24.5. The number of fused-ring (bicyclic) bond motifs is 1. The number of ether oxygens (including phenoxy) is 1. The van der Waals surface area contributed by atoms with Crippen LogP contribution >= 0.6 is 0 Å². The molecule has 1 N–H and O–H groups in total. The Bertz CT molecular complexity index is 1110. The van der Waals surface area contributed by atoms with Crippen molar-refractivity contribution in [1.82, 2.24) is 19.4 Å². The molecule has 0 bridgehead atoms. The van der Waals surface area contributed by atoms with Gasteiger partial charge in [0, 0.05) is 37.2 Å². The topological polar surface area (TPSA) is 114 Å². The molecule has 0 aliphatic carbocycles. The Morgan fingerprint density at radius 3 is 2.66 bits per heavy atom. The molecule has 1 saturated heterocycles. The van der Waals surface area contributed by atoms with E-state index < -0.39 is 28.4 Å². The molecule has 1 fully saturated rings. The molecule has 0 radical (unpaired) electrons. The number of nitrogens with zero attached hydrogens (tertiary/aromatic N) is 5. The van der Waals surface area contributed by atoms with Crippen molar-refractivity contribution in [2.45, 2.75) is 37.7 Å². The van der Waals surface area contributed by atoms with Crippen molar-refractivity contribution >= 4 is 18.0 Å². The van der Waals surface area contributed by atoms with E-state index in [2.05, 4.69) is 9.88 Å². The van der Waals surface area contributed by atoms with Crippen LogP contribution in [0.2, 0.25) is 0 Å². The summed E-state index contributed by atoms with van der Waals surface area (Å²) in [6.07, 6.45) is -0.0924. The zero-order chi connectivity index (χ0) is 25.4. The van der Waals surface area contributed by atoms with Crippen LogP contribution < -0.4 is 4.74 Å². The summed E-state index contributed by atoms with van der Waals surface area (Å²) in [7, 11) is 0. The summed E-state index contributed by atoms with van der Waals surface area (Å²) >= 11 is 0. The molecule has 0 spiro atoms. The maximum atomic E-state index is 12.8. The van der Waals surface area contributed by atoms with Crippen molar-refractivity contribution in [3.8, 4) is 6.01 Å². The molecule has 13 heteroatoms. The SMILES string of the molecule is C[C@@]1(CN2CCN(C(=O)O)C[C@H]2CC=Cc2ccc(C(F)(F)F)cc2)Cn2cc([N+](=O)[O-])nc2O1. The van der Waals surface area contributed by atoms with E-state index in [1.807, 2.05) is 13.0 Å². The summed E-state index contributed by atoms with van der Waals surface area (Å²) < 4.78 is 45.8. The Hall–Kier alpha value is -3.61. The van der Waals surface area contributed by atoms with Gasteiger partial charge in [-0.05, 0) is 36.0 Å². The Morgan fingerprint density at radius 1 is 1.34 bits per heavy atom. The number of amides is 1. The van der Waals surface area contributed by atoms with E-state index in [-0.39, 0.29) is 24.4 Å². The fourth-order valence-electron chi connectivity index (χ4n) is 4.44. The number of carboxylic acid groups (broad SMARTS) is 1. The minimum Gasteiger partial charge on any atom is -0.465 e. The Morgan fingerprint density at radius 2 is 2.06 bits per heavy atom. The van der Waals surface area contributed by atoms with Gasteiger partial charge < -0.3 is 24.9 Å². The van der Waals surface area contributed by atoms with Crippen LogP contribution in [0.1, 0.15) is 24.5 Å². The average Bonchev–Trinajstić information content (AvgIpc) is 3.29. The second-order valence-electron chi connectivity index (χ2n) is 8.93. The van der Waals surface area contributed by atoms with Gasteiger partial charge in [-0.25, -0.2) is 4.79 Å². The number of halogens is 3. The molecule has 0 unspecified atom stereocenters. The smallest absolute Gasteiger partial charge is 0.416 e. The number of nitro groups is 1. The van der Waals surface area contributed by atoms with E-state index in [1.165, 1.54) is 23.2 Å². The molecule has 2 atom stereocenters. The standard InChI is InChI=1S/C22H24F3N5O5/c1-21(14-29-12-18(30(33)34)26-19(29)35-21)13-28-10-9-27(20(31)32)11-17(28)4-2-3-15-5-7-16(8-6-15)22(23,24)25/h2-3,5-8,12,17H,4,9-11,13-14H2,1H3,(H,31,32)/t17-,21-/m1/s1. The molecule has 2 aromatic rings. The Kier molecular flexibility index (Phi) is 6.45. The first-order valence-corrected chi connectivity index (χ1v) is 10.9. The van der Waals surface area contributed by atoms with Gasteiger partial charge in [0.2, 0.25) is 0 Å². The third-order valence-corrected chi connectivity index (χ3v) is 6.13. The van der Waals surface area contributed by atoms with Gasteiger partial charge in [0.05, 0.1) is 12.1 Å². The first-order valence-electron chi connectivity index (χ1n) is 10.9. The first-order chi connectivity index (χ1) is 16.4. The molecule has 1 amide bonds. The molecule has 0 saturated carbocycles. The average molecular weight is 495 g/mol. The van der Waals surface area contributed by atoms with Gasteiger partial charge in [-0.3, -0.25) is 9.47 Å². The number of imidazole rings is 1. The summed E-state index contributed by atoms with van der Waals surface area (Å²) in [5, 5.41) is 20.4. The number of alkyl halides is 3. The summed E-state index contributed by atoms with van der Waals surface area (Å²) in [4.78, 5) is 29.2. The highest BCUT2D eigenvalue weighted by Gasteiger charge is 2.43. The van der Waals surface area contributed by atoms with Crippen LogP contribution in [0.15, 0.2) is 36.5 Å². The Balaban J connectivity index is 1.43. The number of aromatic nitrogens is 2. The van der Waals surface area contributed by atoms with Gasteiger partial charge >= 0.3 is 24.1 Å². The molecule has 2 aliphatic heterocycles. The van der Waals surface area contributed by atoms with Crippen LogP contribution in [0, 0.1) is 10.1 Å². The molecular weight excluding hydrogens is 471 g/mol. The third-order valence-electron chi connectivity index (χ3n) is 6.13. The zero-order valence-electron chi connectivity index (χ0n) is 18.8. The lowest BCUT2D eigenvalue weighted by atomic mass is 10.0. The zero-order valence-corrected chi connectivity index (χ0v) is 18.8. The van der Waals surface area contributed by atoms with Gasteiger partial charge in [0.25, 0.3) is 0 Å². The highest BCUT2D eigenvalue weighted by Crippen LogP contribution is 2.33. The predicted octanol–water partition coefficient (Wildman–Crippen LogP) is 3.73. The van der Waals surface area contributed by atoms with Crippen molar-refractivity contribution in [3.63, 3.8) is 0 Å². The number of hydrogen-bond acceptors (Lipinski definition) is 6. The summed E-state index contributed by atoms with van der Waals surface area (Å²) in [5.41, 5.74) is -0.827. The molecule has 188 valence electrons. The quantitative estimate of drug-likeness (QED) is 0.480. The monoisotopic (exact) mass is 495 g/mol. The molecule has 10 nitrogen and oxygen atoms in total. The molecule has 3 heterocycles. The van der Waals surface area contributed by atoms with E-state index in [1.54, 1.807) is 10.6 Å². The van der Waals surface area contributed by atoms with Crippen LogP contribution in [0.5, 0.6) is 6.01 Å². The second-order valence-corrected chi connectivity index (χ2v) is 8.93. The maximum Gasteiger partial charge on any atom is 0.416 e. The fraction of sp³-hybridized carbons (Fsp3) is 0.455. The van der Waals surface area contributed by atoms with Gasteiger partial charge in [-0.1, -0.05) is 24.3 Å². The van der Waals surface area contributed by atoms with Crippen LogP contribution in [0.4, 0.5) is 23.8 Å². The normalized spacial score (nSPS) is 22.9. The highest BCUT2D eigenvalue weighted by atomic mass is 19.4. The lowest BCUT2D eigenvalue weighted by Gasteiger charge is -2.42. The summed E-state index contributed by atoms with van der Waals surface area (Å²) in [6.45, 7) is 3.71. The maximum absolute atomic E-state index is 12.8. The number of piperazine rings is 1. The van der Waals surface area contributed by atoms with E-state index in [0.29, 0.717) is 38.2 Å². The van der Waals surface area contributed by atoms with Crippen molar-refractivity contribution in [3.05, 3.63) is 57.8 Å². The van der Waals surface area contributed by atoms with E-state index in [0.717, 1.165) is 12.1 Å². The minimum absolute atomic E-state index is 0.169. The van der Waals surface area contributed by atoms with Gasteiger partial charge in [-0.15, -0.1) is 0 Å². The van der Waals surface area contributed by atoms with Gasteiger partial charge in [-0.2, -0.15) is 13.2 Å². The van der Waals surface area contributed by atoms with Gasteiger partial charge in [0.15, 0.2) is 0 Å². The summed E-state index contributed by atoms with van der Waals surface area (Å²) in [5.74, 6) is -0.289. The molecule has 35 heavy (non-hydrogen) atoms. The molecule has 2 aliphatic rings. The number of benzene rings is 1. The van der Waals surface area contributed by atoms with E-state index in [9.17, 15) is 33.2 Å². The number of rotatable bonds is 6. The number of hydrogen-bond donors (Lipinski definition) is 1. The molecule has 4 rings (SSSR count). The lowest BCUT2D eigenvalue weighted by molar-refractivity contribution is -0.389. The number of carbonyl (C=O) groups is 1. The predicted molar refractivity (Wildman–Crippen MR) is 118 cm³/mol. The lowest BCUT2D eigenvalue weighted by Crippen LogP contribution is -2.58. The minimum atomic E-state index is -4.40. The van der Waals surface area contributed by atoms with Gasteiger partial charge in [0.1, 0.15) is 11.8 Å².